The molecule has 0 fully saturated rings. The van der Waals surface area contributed by atoms with E-state index in [1.165, 1.54) is 18.1 Å². The number of rotatable bonds is 5. The average Bonchev–Trinajstić information content (AvgIpc) is 3.33. The van der Waals surface area contributed by atoms with Gasteiger partial charge in [0.05, 0.1) is 0 Å². The Labute approximate surface area is 184 Å². The minimum Gasteiger partial charge on any atom is -0.508 e. The van der Waals surface area contributed by atoms with Crippen LogP contribution in [0.4, 0.5) is 5.82 Å². The molecular weight excluding hydrogens is 470 g/mol. The molecule has 4 aromatic rings. The summed E-state index contributed by atoms with van der Waals surface area (Å²) in [6, 6.07) is 11.0. The molecule has 8 nitrogen and oxygen atoms in total. The Bertz CT molecular complexity index is 1250. The highest BCUT2D eigenvalue weighted by Crippen LogP contribution is 2.43. The van der Waals surface area contributed by atoms with Crippen LogP contribution in [0.1, 0.15) is 5.56 Å². The molecule has 0 spiro atoms. The van der Waals surface area contributed by atoms with E-state index in [-0.39, 0.29) is 12.5 Å². The highest BCUT2D eigenvalue weighted by molar-refractivity contribution is 9.10. The number of benzene rings is 2. The van der Waals surface area contributed by atoms with Crippen molar-refractivity contribution < 1.29 is 14.6 Å². The van der Waals surface area contributed by atoms with Crippen LogP contribution >= 0.6 is 27.7 Å². The van der Waals surface area contributed by atoms with Crippen LogP contribution in [0.5, 0.6) is 17.2 Å². The Balaban J connectivity index is 1.52. The maximum absolute atomic E-state index is 9.51. The van der Waals surface area contributed by atoms with Gasteiger partial charge in [0.2, 0.25) is 6.79 Å². The first-order chi connectivity index (χ1) is 14.6. The Kier molecular flexibility index (Phi) is 4.87. The average molecular weight is 486 g/mol. The maximum atomic E-state index is 9.51. The predicted octanol–water partition coefficient (Wildman–Crippen LogP) is 4.00. The van der Waals surface area contributed by atoms with Crippen LogP contribution in [-0.2, 0) is 13.0 Å². The number of nitrogens with zero attached hydrogens (tertiary/aromatic N) is 4. The van der Waals surface area contributed by atoms with Gasteiger partial charge in [-0.15, -0.1) is 0 Å². The smallest absolute Gasteiger partial charge is 0.231 e. The maximum Gasteiger partial charge on any atom is 0.231 e. The molecule has 0 saturated heterocycles. The first-order valence-corrected chi connectivity index (χ1v) is 10.7. The van der Waals surface area contributed by atoms with Gasteiger partial charge in [-0.05, 0) is 52.2 Å². The molecular formula is C20H16BrN5O3S. The van der Waals surface area contributed by atoms with Crippen LogP contribution in [0, 0.1) is 0 Å². The summed E-state index contributed by atoms with van der Waals surface area (Å²) in [6.45, 7) is 0.857. The molecule has 5 rings (SSSR count). The van der Waals surface area contributed by atoms with Crippen LogP contribution in [0.2, 0.25) is 0 Å². The summed E-state index contributed by atoms with van der Waals surface area (Å²) in [5.74, 6) is 2.00. The number of aromatic nitrogens is 4. The summed E-state index contributed by atoms with van der Waals surface area (Å²) < 4.78 is 13.9. The van der Waals surface area contributed by atoms with Crippen LogP contribution in [0.15, 0.2) is 57.3 Å². The van der Waals surface area contributed by atoms with E-state index in [1.807, 2.05) is 28.8 Å². The van der Waals surface area contributed by atoms with E-state index in [4.69, 9.17) is 20.2 Å². The molecule has 0 aliphatic carbocycles. The molecule has 1 aliphatic heterocycles. The van der Waals surface area contributed by atoms with Crippen molar-refractivity contribution in [2.75, 3.05) is 12.5 Å². The van der Waals surface area contributed by atoms with Crippen molar-refractivity contribution in [2.45, 2.75) is 23.0 Å². The lowest BCUT2D eigenvalue weighted by atomic mass is 10.1. The Hall–Kier alpha value is -2.98. The van der Waals surface area contributed by atoms with Crippen LogP contribution in [-0.4, -0.2) is 31.4 Å². The highest BCUT2D eigenvalue weighted by Gasteiger charge is 2.20. The van der Waals surface area contributed by atoms with Crippen molar-refractivity contribution in [2.24, 2.45) is 0 Å². The van der Waals surface area contributed by atoms with Crippen molar-refractivity contribution >= 4 is 44.7 Å². The molecule has 0 radical (unpaired) electrons. The predicted molar refractivity (Wildman–Crippen MR) is 116 cm³/mol. The number of hydrogen-bond donors (Lipinski definition) is 2. The van der Waals surface area contributed by atoms with Crippen LogP contribution in [0.25, 0.3) is 11.2 Å². The van der Waals surface area contributed by atoms with Gasteiger partial charge in [-0.25, -0.2) is 15.0 Å². The van der Waals surface area contributed by atoms with Gasteiger partial charge in [-0.1, -0.05) is 23.9 Å². The number of fused-ring (bicyclic) bond motifs is 2. The van der Waals surface area contributed by atoms with Crippen molar-refractivity contribution in [3.05, 3.63) is 52.8 Å². The van der Waals surface area contributed by atoms with Gasteiger partial charge in [0.1, 0.15) is 12.1 Å². The molecule has 2 aromatic heterocycles. The zero-order valence-corrected chi connectivity index (χ0v) is 18.0. The minimum atomic E-state index is 0.215. The third-order valence-corrected chi connectivity index (χ3v) is 6.68. The number of nitrogens with two attached hydrogens (primary N) is 1. The van der Waals surface area contributed by atoms with Gasteiger partial charge in [0, 0.05) is 15.9 Å². The second-order valence-corrected chi connectivity index (χ2v) is 8.49. The number of halogens is 1. The van der Waals surface area contributed by atoms with E-state index < -0.39 is 0 Å². The molecule has 3 heterocycles. The van der Waals surface area contributed by atoms with E-state index >= 15 is 0 Å². The van der Waals surface area contributed by atoms with Crippen molar-refractivity contribution in [1.29, 1.82) is 0 Å². The van der Waals surface area contributed by atoms with Crippen LogP contribution in [0.3, 0.4) is 0 Å². The molecule has 0 atom stereocenters. The van der Waals surface area contributed by atoms with Crippen molar-refractivity contribution in [1.82, 2.24) is 19.5 Å². The monoisotopic (exact) mass is 485 g/mol. The second kappa shape index (κ2) is 7.69. The molecule has 1 aliphatic rings. The lowest BCUT2D eigenvalue weighted by Crippen LogP contribution is -2.04. The topological polar surface area (TPSA) is 108 Å². The van der Waals surface area contributed by atoms with E-state index in [9.17, 15) is 5.11 Å². The molecule has 0 bridgehead atoms. The SMILES string of the molecule is Nc1ncnc2c1nc(Sc1cc3c(cc1Br)OCO3)n2CCc1ccc(O)cc1. The summed E-state index contributed by atoms with van der Waals surface area (Å²) in [5.41, 5.74) is 8.40. The Morgan fingerprint density at radius 2 is 1.90 bits per heavy atom. The second-order valence-electron chi connectivity index (χ2n) is 6.63. The largest absolute Gasteiger partial charge is 0.508 e. The van der Waals surface area contributed by atoms with Gasteiger partial charge in [-0.2, -0.15) is 0 Å². The highest BCUT2D eigenvalue weighted by atomic mass is 79.9. The first-order valence-electron chi connectivity index (χ1n) is 9.10. The molecule has 2 aromatic carbocycles. The number of aryl methyl sites for hydroxylation is 2. The number of nitrogen functional groups attached to an aromatic ring is 1. The first kappa shape index (κ1) is 19.0. The van der Waals surface area contributed by atoms with Gasteiger partial charge in [0.25, 0.3) is 0 Å². The minimum absolute atomic E-state index is 0.215. The summed E-state index contributed by atoms with van der Waals surface area (Å²) in [7, 11) is 0. The number of aromatic hydroxyl groups is 1. The van der Waals surface area contributed by atoms with E-state index in [0.717, 1.165) is 26.5 Å². The van der Waals surface area contributed by atoms with Gasteiger partial charge < -0.3 is 24.9 Å². The number of hydrogen-bond acceptors (Lipinski definition) is 8. The third-order valence-electron chi connectivity index (χ3n) is 4.71. The van der Waals surface area contributed by atoms with Gasteiger partial charge in [-0.3, -0.25) is 0 Å². The molecule has 0 amide bonds. The van der Waals surface area contributed by atoms with Gasteiger partial charge in [0.15, 0.2) is 33.6 Å². The molecule has 3 N–H and O–H groups in total. The van der Waals surface area contributed by atoms with E-state index in [0.29, 0.717) is 35.0 Å². The number of phenols is 1. The number of anilines is 1. The lowest BCUT2D eigenvalue weighted by Gasteiger charge is -2.10. The van der Waals surface area contributed by atoms with Crippen molar-refractivity contribution in [3.8, 4) is 17.2 Å². The lowest BCUT2D eigenvalue weighted by molar-refractivity contribution is 0.174. The van der Waals surface area contributed by atoms with Crippen LogP contribution < -0.4 is 15.2 Å². The number of ether oxygens (including phenoxy) is 2. The standard InChI is InChI=1S/C20H16BrN5O3S/c21-13-7-14-15(29-10-28-14)8-16(13)30-20-25-17-18(22)23-9-24-19(17)26(20)6-5-11-1-3-12(27)4-2-11/h1-4,7-9,27H,5-6,10H2,(H2,22,23,24). The quantitative estimate of drug-likeness (QED) is 0.436. The Morgan fingerprint density at radius 1 is 1.13 bits per heavy atom. The zero-order chi connectivity index (χ0) is 20.7. The number of imidazole rings is 1. The Morgan fingerprint density at radius 3 is 2.70 bits per heavy atom. The number of phenolic OH excluding ortho intramolecular Hbond substituents is 1. The molecule has 152 valence electrons. The normalized spacial score (nSPS) is 12.6. The fourth-order valence-electron chi connectivity index (χ4n) is 3.19. The summed E-state index contributed by atoms with van der Waals surface area (Å²) in [4.78, 5) is 14.1. The van der Waals surface area contributed by atoms with Gasteiger partial charge >= 0.3 is 0 Å². The molecule has 0 unspecified atom stereocenters. The van der Waals surface area contributed by atoms with Crippen molar-refractivity contribution in [3.63, 3.8) is 0 Å². The fraction of sp³-hybridized carbons (Fsp3) is 0.150. The summed E-state index contributed by atoms with van der Waals surface area (Å²) >= 11 is 5.09. The molecule has 0 saturated carbocycles. The van der Waals surface area contributed by atoms with E-state index in [1.54, 1.807) is 12.1 Å². The fourth-order valence-corrected chi connectivity index (χ4v) is 4.70. The summed E-state index contributed by atoms with van der Waals surface area (Å²) in [6.07, 6.45) is 2.19. The third kappa shape index (κ3) is 3.52. The van der Waals surface area contributed by atoms with E-state index in [2.05, 4.69) is 25.9 Å². The zero-order valence-electron chi connectivity index (χ0n) is 15.6. The summed E-state index contributed by atoms with van der Waals surface area (Å²) in [5, 5.41) is 10.3. The molecule has 10 heteroatoms. The molecule has 30 heavy (non-hydrogen) atoms.